The van der Waals surface area contributed by atoms with Crippen LogP contribution in [0.5, 0.6) is 0 Å². The molecule has 28 heavy (non-hydrogen) atoms. The Balaban J connectivity index is 1.65. The van der Waals surface area contributed by atoms with Crippen LogP contribution >= 0.6 is 7.82 Å². The van der Waals surface area contributed by atoms with Gasteiger partial charge in [-0.15, -0.1) is 0 Å². The number of hydrogen-bond donors (Lipinski definition) is 6. The van der Waals surface area contributed by atoms with Crippen molar-refractivity contribution in [3.8, 4) is 0 Å². The van der Waals surface area contributed by atoms with E-state index in [9.17, 15) is 19.4 Å². The van der Waals surface area contributed by atoms with Crippen molar-refractivity contribution in [3.63, 3.8) is 0 Å². The highest BCUT2D eigenvalue weighted by Gasteiger charge is 2.38. The number of H-pyrrole nitrogens is 1. The lowest BCUT2D eigenvalue weighted by molar-refractivity contribution is -0.0458. The number of hydrogen-bond acceptors (Lipinski definition) is 11. The standard InChI is InChI=1S/C13H20N5O9P/c14-13-16-11-10(12(22)17-13)15-5-18(11)9-1-7(21)8(27-9)4-26-28(23,24)25-3-6(20)2-19/h5-9,19-21H,1-4H2,(H,23,24)(H3,14,16,17,22)/t6-,7+,8-,9-/m1/s1. The third-order valence-corrected chi connectivity index (χ3v) is 4.96. The number of aliphatic hydroxyl groups is 3. The van der Waals surface area contributed by atoms with Gasteiger partial charge < -0.3 is 30.7 Å². The first-order valence-corrected chi connectivity index (χ1v) is 9.66. The van der Waals surface area contributed by atoms with Crippen LogP contribution in [0.15, 0.2) is 11.1 Å². The van der Waals surface area contributed by atoms with Crippen molar-refractivity contribution in [2.75, 3.05) is 25.6 Å². The zero-order valence-corrected chi connectivity index (χ0v) is 15.3. The van der Waals surface area contributed by atoms with E-state index in [4.69, 9.17) is 25.2 Å². The fraction of sp³-hybridized carbons (Fsp3) is 0.615. The molecule has 1 saturated heterocycles. The van der Waals surface area contributed by atoms with Crippen molar-refractivity contribution >= 4 is 24.9 Å². The predicted octanol–water partition coefficient (Wildman–Crippen LogP) is -2.16. The first-order chi connectivity index (χ1) is 13.2. The molecule has 1 aliphatic rings. The Kier molecular flexibility index (Phi) is 6.12. The zero-order valence-electron chi connectivity index (χ0n) is 14.4. The second-order valence-electron chi connectivity index (χ2n) is 6.10. The monoisotopic (exact) mass is 421 g/mol. The Bertz CT molecular complexity index is 933. The Labute approximate surface area is 157 Å². The minimum atomic E-state index is -4.53. The van der Waals surface area contributed by atoms with Crippen LogP contribution in [0.1, 0.15) is 12.6 Å². The molecule has 0 amide bonds. The lowest BCUT2D eigenvalue weighted by Gasteiger charge is -2.18. The van der Waals surface area contributed by atoms with Gasteiger partial charge in [-0.1, -0.05) is 0 Å². The SMILES string of the molecule is Nc1nc2c(ncn2[C@H]2C[C@H](O)[C@@H](COP(=O)(O)OC[C@H](O)CO)O2)c(=O)[nH]1. The summed E-state index contributed by atoms with van der Waals surface area (Å²) in [5.41, 5.74) is 5.22. The van der Waals surface area contributed by atoms with E-state index in [0.717, 1.165) is 0 Å². The smallest absolute Gasteiger partial charge is 0.394 e. The van der Waals surface area contributed by atoms with Gasteiger partial charge in [-0.2, -0.15) is 4.98 Å². The fourth-order valence-corrected chi connectivity index (χ4v) is 3.40. The normalized spacial score (nSPS) is 25.8. The van der Waals surface area contributed by atoms with Crippen LogP contribution in [0.25, 0.3) is 11.2 Å². The van der Waals surface area contributed by atoms with E-state index in [-0.39, 0.29) is 23.5 Å². The highest BCUT2D eigenvalue weighted by Crippen LogP contribution is 2.44. The molecule has 156 valence electrons. The molecule has 15 heteroatoms. The number of imidazole rings is 1. The number of aromatic amines is 1. The third kappa shape index (κ3) is 4.56. The maximum atomic E-state index is 11.8. The molecular weight excluding hydrogens is 401 g/mol. The van der Waals surface area contributed by atoms with Crippen molar-refractivity contribution in [1.82, 2.24) is 19.5 Å². The summed E-state index contributed by atoms with van der Waals surface area (Å²) in [6.07, 6.45) is -2.74. The second-order valence-corrected chi connectivity index (χ2v) is 7.56. The summed E-state index contributed by atoms with van der Waals surface area (Å²) in [4.78, 5) is 31.7. The zero-order chi connectivity index (χ0) is 20.5. The van der Waals surface area contributed by atoms with Crippen molar-refractivity contribution in [2.24, 2.45) is 0 Å². The molecule has 1 unspecified atom stereocenters. The van der Waals surface area contributed by atoms with Crippen molar-refractivity contribution < 1.29 is 38.6 Å². The van der Waals surface area contributed by atoms with Gasteiger partial charge in [-0.3, -0.25) is 23.4 Å². The molecule has 0 radical (unpaired) electrons. The molecule has 0 spiro atoms. The van der Waals surface area contributed by atoms with Crippen LogP contribution in [0.3, 0.4) is 0 Å². The molecule has 1 fully saturated rings. The van der Waals surface area contributed by atoms with E-state index in [1.54, 1.807) is 0 Å². The molecule has 3 rings (SSSR count). The van der Waals surface area contributed by atoms with Gasteiger partial charge in [0.15, 0.2) is 11.2 Å². The van der Waals surface area contributed by atoms with Gasteiger partial charge in [-0.05, 0) is 0 Å². The molecule has 2 aromatic rings. The number of nitrogens with zero attached hydrogens (tertiary/aromatic N) is 3. The summed E-state index contributed by atoms with van der Waals surface area (Å²) in [5.74, 6) is -0.110. The van der Waals surface area contributed by atoms with E-state index in [2.05, 4.69) is 19.5 Å². The number of phosphoric ester groups is 1. The van der Waals surface area contributed by atoms with Crippen LogP contribution in [0.2, 0.25) is 0 Å². The number of nitrogens with one attached hydrogen (secondary N) is 1. The number of aliphatic hydroxyl groups excluding tert-OH is 3. The number of aromatic nitrogens is 4. The molecule has 0 bridgehead atoms. The number of nitrogens with two attached hydrogens (primary N) is 1. The van der Waals surface area contributed by atoms with Gasteiger partial charge in [0.2, 0.25) is 5.95 Å². The number of ether oxygens (including phenoxy) is 1. The summed E-state index contributed by atoms with van der Waals surface area (Å²) in [5, 5.41) is 27.9. The van der Waals surface area contributed by atoms with Gasteiger partial charge in [0, 0.05) is 6.42 Å². The van der Waals surface area contributed by atoms with E-state index >= 15 is 0 Å². The lowest BCUT2D eigenvalue weighted by atomic mass is 10.2. The lowest BCUT2D eigenvalue weighted by Crippen LogP contribution is -2.26. The summed E-state index contributed by atoms with van der Waals surface area (Å²) < 4.78 is 28.1. The number of nitrogen functional groups attached to an aromatic ring is 1. The number of phosphoric acid groups is 1. The highest BCUT2D eigenvalue weighted by molar-refractivity contribution is 7.47. The van der Waals surface area contributed by atoms with E-state index in [1.165, 1.54) is 10.9 Å². The first kappa shape index (κ1) is 20.8. The molecule has 1 aliphatic heterocycles. The van der Waals surface area contributed by atoms with E-state index < -0.39 is 57.7 Å². The average Bonchev–Trinajstić information content (AvgIpc) is 3.21. The van der Waals surface area contributed by atoms with Gasteiger partial charge in [0.25, 0.3) is 5.56 Å². The van der Waals surface area contributed by atoms with Crippen LogP contribution in [0, 0.1) is 0 Å². The first-order valence-electron chi connectivity index (χ1n) is 8.17. The maximum Gasteiger partial charge on any atom is 0.472 e. The molecule has 7 N–H and O–H groups in total. The summed E-state index contributed by atoms with van der Waals surface area (Å²) >= 11 is 0. The number of anilines is 1. The van der Waals surface area contributed by atoms with Crippen molar-refractivity contribution in [3.05, 3.63) is 16.7 Å². The van der Waals surface area contributed by atoms with Crippen molar-refractivity contribution in [1.29, 1.82) is 0 Å². The van der Waals surface area contributed by atoms with Gasteiger partial charge in [-0.25, -0.2) is 9.55 Å². The summed E-state index contributed by atoms with van der Waals surface area (Å²) in [7, 11) is -4.53. The van der Waals surface area contributed by atoms with E-state index in [1.807, 2.05) is 0 Å². The third-order valence-electron chi connectivity index (χ3n) is 4.01. The molecule has 2 aromatic heterocycles. The minimum absolute atomic E-state index is 0.0442. The molecule has 0 aromatic carbocycles. The second kappa shape index (κ2) is 8.23. The van der Waals surface area contributed by atoms with Crippen LogP contribution < -0.4 is 11.3 Å². The van der Waals surface area contributed by atoms with Crippen LogP contribution in [-0.4, -0.2) is 77.9 Å². The average molecular weight is 421 g/mol. The predicted molar refractivity (Wildman–Crippen MR) is 91.9 cm³/mol. The molecule has 0 saturated carbocycles. The van der Waals surface area contributed by atoms with Crippen molar-refractivity contribution in [2.45, 2.75) is 31.0 Å². The molecule has 5 atom stereocenters. The van der Waals surface area contributed by atoms with Crippen LogP contribution in [-0.2, 0) is 18.3 Å². The fourth-order valence-electron chi connectivity index (χ4n) is 2.63. The molecule has 0 aliphatic carbocycles. The van der Waals surface area contributed by atoms with E-state index in [0.29, 0.717) is 0 Å². The Morgan fingerprint density at radius 3 is 2.96 bits per heavy atom. The number of rotatable bonds is 8. The highest BCUT2D eigenvalue weighted by atomic mass is 31.2. The largest absolute Gasteiger partial charge is 0.472 e. The quantitative estimate of drug-likeness (QED) is 0.251. The molecule has 3 heterocycles. The number of fused-ring (bicyclic) bond motifs is 1. The summed E-state index contributed by atoms with van der Waals surface area (Å²) in [6, 6.07) is 0. The van der Waals surface area contributed by atoms with Gasteiger partial charge in [0.05, 0.1) is 32.3 Å². The Hall–Kier alpha value is -1.90. The van der Waals surface area contributed by atoms with Crippen LogP contribution in [0.4, 0.5) is 5.95 Å². The topological polar surface area (TPSA) is 215 Å². The maximum absolute atomic E-state index is 11.8. The Morgan fingerprint density at radius 2 is 2.25 bits per heavy atom. The summed E-state index contributed by atoms with van der Waals surface area (Å²) in [6.45, 7) is -1.74. The molecular formula is C13H20N5O9P. The Morgan fingerprint density at radius 1 is 1.50 bits per heavy atom. The minimum Gasteiger partial charge on any atom is -0.394 e. The van der Waals surface area contributed by atoms with Gasteiger partial charge >= 0.3 is 7.82 Å². The van der Waals surface area contributed by atoms with Gasteiger partial charge in [0.1, 0.15) is 18.4 Å². The molecule has 14 nitrogen and oxygen atoms in total.